The Labute approximate surface area is 193 Å². The molecule has 3 aliphatic rings. The predicted molar refractivity (Wildman–Crippen MR) is 126 cm³/mol. The Balaban J connectivity index is 1.23. The predicted octanol–water partition coefficient (Wildman–Crippen LogP) is 5.64. The van der Waals surface area contributed by atoms with E-state index >= 15 is 0 Å². The zero-order chi connectivity index (χ0) is 21.7. The third-order valence-corrected chi connectivity index (χ3v) is 8.33. The van der Waals surface area contributed by atoms with Gasteiger partial charge in [0, 0.05) is 36.3 Å². The summed E-state index contributed by atoms with van der Waals surface area (Å²) in [4.78, 5) is 25.5. The number of halogens is 1. The molecule has 5 nitrogen and oxygen atoms in total. The Morgan fingerprint density at radius 3 is 2.38 bits per heavy atom. The van der Waals surface area contributed by atoms with Crippen LogP contribution < -0.4 is 0 Å². The summed E-state index contributed by atoms with van der Waals surface area (Å²) in [6.07, 6.45) is 10.5. The van der Waals surface area contributed by atoms with Gasteiger partial charge < -0.3 is 9.47 Å². The van der Waals surface area contributed by atoms with Crippen molar-refractivity contribution < 1.29 is 4.79 Å². The maximum atomic E-state index is 13.7. The van der Waals surface area contributed by atoms with Gasteiger partial charge in [-0.15, -0.1) is 0 Å². The fourth-order valence-electron chi connectivity index (χ4n) is 5.82. The number of aromatic nitrogens is 3. The number of amides is 1. The van der Waals surface area contributed by atoms with Crippen molar-refractivity contribution in [1.82, 2.24) is 19.4 Å². The molecule has 6 rings (SSSR count). The SMILES string of the molecule is O=C(N1CCC(n2c(C3CCC3)nc3cccnc32)CC1)C1(c2ccc(Cl)cc2)CCC1. The largest absolute Gasteiger partial charge is 0.342 e. The Kier molecular flexibility index (Phi) is 4.98. The zero-order valence-electron chi connectivity index (χ0n) is 18.3. The van der Waals surface area contributed by atoms with E-state index in [2.05, 4.69) is 20.5 Å². The monoisotopic (exact) mass is 448 g/mol. The lowest BCUT2D eigenvalue weighted by Gasteiger charge is -2.46. The van der Waals surface area contributed by atoms with Gasteiger partial charge in [-0.2, -0.15) is 0 Å². The van der Waals surface area contributed by atoms with Gasteiger partial charge in [-0.05, 0) is 68.4 Å². The molecule has 1 saturated heterocycles. The standard InChI is InChI=1S/C26H29ClN4O/c27-20-9-7-19(8-10-20)26(13-3-14-26)25(32)30-16-11-21(12-17-30)31-23(18-4-1-5-18)29-22-6-2-15-28-24(22)31/h2,6-10,15,18,21H,1,3-5,11-14,16-17H2. The van der Waals surface area contributed by atoms with Gasteiger partial charge in [-0.3, -0.25) is 4.79 Å². The fourth-order valence-corrected chi connectivity index (χ4v) is 5.94. The van der Waals surface area contributed by atoms with Gasteiger partial charge in [0.05, 0.1) is 5.41 Å². The highest BCUT2D eigenvalue weighted by Gasteiger charge is 2.48. The van der Waals surface area contributed by atoms with E-state index in [0.717, 1.165) is 66.9 Å². The van der Waals surface area contributed by atoms with E-state index in [4.69, 9.17) is 16.6 Å². The number of likely N-dealkylation sites (tertiary alicyclic amines) is 1. The van der Waals surface area contributed by atoms with Gasteiger partial charge in [0.1, 0.15) is 11.3 Å². The molecule has 0 spiro atoms. The molecule has 2 aliphatic carbocycles. The maximum absolute atomic E-state index is 13.7. The molecule has 1 aromatic carbocycles. The Morgan fingerprint density at radius 2 is 1.75 bits per heavy atom. The van der Waals surface area contributed by atoms with Crippen LogP contribution in [0.1, 0.15) is 74.7 Å². The van der Waals surface area contributed by atoms with Gasteiger partial charge in [-0.25, -0.2) is 9.97 Å². The Bertz CT molecular complexity index is 1140. The lowest BCUT2D eigenvalue weighted by atomic mass is 9.63. The number of rotatable bonds is 4. The maximum Gasteiger partial charge on any atom is 0.233 e. The fraction of sp³-hybridized carbons (Fsp3) is 0.500. The third kappa shape index (κ3) is 3.16. The molecule has 32 heavy (non-hydrogen) atoms. The topological polar surface area (TPSA) is 51.0 Å². The first-order valence-electron chi connectivity index (χ1n) is 12.0. The number of carbonyl (C=O) groups excluding carboxylic acids is 1. The highest BCUT2D eigenvalue weighted by Crippen LogP contribution is 2.46. The molecule has 1 amide bonds. The van der Waals surface area contributed by atoms with Crippen LogP contribution in [0.2, 0.25) is 5.02 Å². The van der Waals surface area contributed by atoms with Gasteiger partial charge >= 0.3 is 0 Å². The van der Waals surface area contributed by atoms with E-state index in [1.807, 2.05) is 36.5 Å². The average molecular weight is 449 g/mol. The summed E-state index contributed by atoms with van der Waals surface area (Å²) in [6, 6.07) is 12.3. The summed E-state index contributed by atoms with van der Waals surface area (Å²) in [5.41, 5.74) is 2.79. The minimum absolute atomic E-state index is 0.303. The minimum Gasteiger partial charge on any atom is -0.342 e. The second-order valence-corrected chi connectivity index (χ2v) is 10.2. The van der Waals surface area contributed by atoms with Crippen LogP contribution in [0.4, 0.5) is 0 Å². The first kappa shape index (κ1) is 20.2. The van der Waals surface area contributed by atoms with Crippen LogP contribution in [0.5, 0.6) is 0 Å². The summed E-state index contributed by atoms with van der Waals surface area (Å²) in [5.74, 6) is 2.08. The molecule has 1 aliphatic heterocycles. The quantitative estimate of drug-likeness (QED) is 0.519. The molecule has 2 saturated carbocycles. The van der Waals surface area contributed by atoms with Crippen LogP contribution in [-0.2, 0) is 10.2 Å². The number of piperidine rings is 1. The van der Waals surface area contributed by atoms with E-state index < -0.39 is 0 Å². The van der Waals surface area contributed by atoms with E-state index in [9.17, 15) is 4.79 Å². The smallest absolute Gasteiger partial charge is 0.233 e. The molecule has 3 heterocycles. The molecule has 166 valence electrons. The normalized spacial score (nSPS) is 21.3. The first-order chi connectivity index (χ1) is 15.7. The number of imidazole rings is 1. The second-order valence-electron chi connectivity index (χ2n) is 9.78. The van der Waals surface area contributed by atoms with Crippen LogP contribution in [0.3, 0.4) is 0 Å². The van der Waals surface area contributed by atoms with Crippen molar-refractivity contribution in [2.45, 2.75) is 68.7 Å². The Hall–Kier alpha value is -2.40. The average Bonchev–Trinajstić information content (AvgIpc) is 3.12. The molecule has 0 unspecified atom stereocenters. The number of benzene rings is 1. The van der Waals surface area contributed by atoms with Crippen molar-refractivity contribution in [3.8, 4) is 0 Å². The number of hydrogen-bond acceptors (Lipinski definition) is 3. The molecule has 0 atom stereocenters. The third-order valence-electron chi connectivity index (χ3n) is 8.08. The first-order valence-corrected chi connectivity index (χ1v) is 12.4. The lowest BCUT2D eigenvalue weighted by Crippen LogP contribution is -2.53. The highest BCUT2D eigenvalue weighted by molar-refractivity contribution is 6.30. The summed E-state index contributed by atoms with van der Waals surface area (Å²) in [7, 11) is 0. The molecule has 2 aromatic heterocycles. The number of fused-ring (bicyclic) bond motifs is 1. The molecule has 3 aromatic rings. The van der Waals surface area contributed by atoms with Crippen molar-refractivity contribution in [3.05, 3.63) is 59.0 Å². The van der Waals surface area contributed by atoms with Gasteiger partial charge in [-0.1, -0.05) is 36.6 Å². The lowest BCUT2D eigenvalue weighted by molar-refractivity contribution is -0.142. The van der Waals surface area contributed by atoms with Crippen molar-refractivity contribution in [2.75, 3.05) is 13.1 Å². The highest BCUT2D eigenvalue weighted by atomic mass is 35.5. The van der Waals surface area contributed by atoms with E-state index in [-0.39, 0.29) is 5.41 Å². The molecule has 0 radical (unpaired) electrons. The van der Waals surface area contributed by atoms with E-state index in [1.54, 1.807) is 0 Å². The van der Waals surface area contributed by atoms with Crippen LogP contribution in [0.25, 0.3) is 11.2 Å². The van der Waals surface area contributed by atoms with E-state index in [1.165, 1.54) is 25.1 Å². The molecule has 6 heteroatoms. The van der Waals surface area contributed by atoms with Crippen LogP contribution in [0, 0.1) is 0 Å². The van der Waals surface area contributed by atoms with Crippen LogP contribution in [-0.4, -0.2) is 38.4 Å². The summed E-state index contributed by atoms with van der Waals surface area (Å²) in [6.45, 7) is 1.60. The van der Waals surface area contributed by atoms with Crippen LogP contribution >= 0.6 is 11.6 Å². The number of pyridine rings is 1. The molecule has 0 bridgehead atoms. The van der Waals surface area contributed by atoms with Crippen molar-refractivity contribution >= 4 is 28.7 Å². The molecule has 3 fully saturated rings. The summed E-state index contributed by atoms with van der Waals surface area (Å²) in [5, 5.41) is 0.722. The summed E-state index contributed by atoms with van der Waals surface area (Å²) >= 11 is 6.10. The number of hydrogen-bond donors (Lipinski definition) is 0. The van der Waals surface area contributed by atoms with Crippen molar-refractivity contribution in [2.24, 2.45) is 0 Å². The molecule has 0 N–H and O–H groups in total. The van der Waals surface area contributed by atoms with Crippen LogP contribution in [0.15, 0.2) is 42.6 Å². The molecular formula is C26H29ClN4O. The van der Waals surface area contributed by atoms with Crippen molar-refractivity contribution in [1.29, 1.82) is 0 Å². The van der Waals surface area contributed by atoms with Gasteiger partial charge in [0.2, 0.25) is 5.91 Å². The van der Waals surface area contributed by atoms with E-state index in [0.29, 0.717) is 17.9 Å². The second kappa shape index (κ2) is 7.87. The number of carbonyl (C=O) groups is 1. The van der Waals surface area contributed by atoms with Gasteiger partial charge in [0.25, 0.3) is 0 Å². The Morgan fingerprint density at radius 1 is 1.00 bits per heavy atom. The molecular weight excluding hydrogens is 420 g/mol. The zero-order valence-corrected chi connectivity index (χ0v) is 19.1. The van der Waals surface area contributed by atoms with Gasteiger partial charge in [0.15, 0.2) is 5.65 Å². The summed E-state index contributed by atoms with van der Waals surface area (Å²) < 4.78 is 2.42. The number of nitrogens with zero attached hydrogens (tertiary/aromatic N) is 4. The minimum atomic E-state index is -0.349. The van der Waals surface area contributed by atoms with Crippen molar-refractivity contribution in [3.63, 3.8) is 0 Å².